The average molecular weight is 437 g/mol. The summed E-state index contributed by atoms with van der Waals surface area (Å²) in [5, 5.41) is 2.56. The van der Waals surface area contributed by atoms with E-state index in [4.69, 9.17) is 9.15 Å². The Labute approximate surface area is 178 Å². The predicted molar refractivity (Wildman–Crippen MR) is 116 cm³/mol. The van der Waals surface area contributed by atoms with Crippen molar-refractivity contribution in [1.29, 1.82) is 0 Å². The van der Waals surface area contributed by atoms with Gasteiger partial charge in [0.25, 0.3) is 0 Å². The molecule has 4 rings (SSSR count). The standard InChI is InChI=1S/C23H19NO6S/c1-24(2)31(27,28)18-10-7-16(8-11-18)23(26)29-14-17-13-21(25)30-20-12-9-15-5-3-4-6-19(15)22(17)20/h3-13H,14H2,1-2H3. The van der Waals surface area contributed by atoms with E-state index in [0.717, 1.165) is 15.1 Å². The Kier molecular flexibility index (Phi) is 5.34. The monoisotopic (exact) mass is 437 g/mol. The van der Waals surface area contributed by atoms with Crippen LogP contribution in [0.5, 0.6) is 0 Å². The van der Waals surface area contributed by atoms with Crippen LogP contribution in [0, 0.1) is 0 Å². The van der Waals surface area contributed by atoms with Gasteiger partial charge in [0, 0.05) is 31.1 Å². The van der Waals surface area contributed by atoms with E-state index in [9.17, 15) is 18.0 Å². The maximum atomic E-state index is 12.5. The molecular formula is C23H19NO6S. The predicted octanol–water partition coefficient (Wildman–Crippen LogP) is 3.55. The molecule has 0 bridgehead atoms. The highest BCUT2D eigenvalue weighted by Gasteiger charge is 2.18. The molecule has 0 spiro atoms. The van der Waals surface area contributed by atoms with Crippen LogP contribution >= 0.6 is 0 Å². The van der Waals surface area contributed by atoms with Crippen LogP contribution in [-0.2, 0) is 21.4 Å². The van der Waals surface area contributed by atoms with E-state index < -0.39 is 21.6 Å². The van der Waals surface area contributed by atoms with Crippen molar-refractivity contribution in [3.8, 4) is 0 Å². The first kappa shape index (κ1) is 20.8. The van der Waals surface area contributed by atoms with Crippen LogP contribution in [0.2, 0.25) is 0 Å². The fraction of sp³-hybridized carbons (Fsp3) is 0.130. The first-order valence-electron chi connectivity index (χ1n) is 9.41. The summed E-state index contributed by atoms with van der Waals surface area (Å²) in [5.41, 5.74) is 0.612. The molecule has 7 nitrogen and oxygen atoms in total. The number of esters is 1. The second-order valence-corrected chi connectivity index (χ2v) is 9.29. The van der Waals surface area contributed by atoms with Gasteiger partial charge in [0.15, 0.2) is 0 Å². The molecule has 0 aliphatic carbocycles. The van der Waals surface area contributed by atoms with Crippen molar-refractivity contribution in [2.45, 2.75) is 11.5 Å². The molecule has 1 heterocycles. The van der Waals surface area contributed by atoms with Gasteiger partial charge in [-0.3, -0.25) is 0 Å². The van der Waals surface area contributed by atoms with Gasteiger partial charge >= 0.3 is 11.6 Å². The lowest BCUT2D eigenvalue weighted by molar-refractivity contribution is 0.0473. The minimum Gasteiger partial charge on any atom is -0.457 e. The Morgan fingerprint density at radius 3 is 2.42 bits per heavy atom. The SMILES string of the molecule is CN(C)S(=O)(=O)c1ccc(C(=O)OCc2cc(=O)oc3ccc4ccccc4c23)cc1. The zero-order chi connectivity index (χ0) is 22.2. The lowest BCUT2D eigenvalue weighted by atomic mass is 10.0. The molecule has 4 aromatic rings. The second kappa shape index (κ2) is 7.98. The van der Waals surface area contributed by atoms with Crippen molar-refractivity contribution >= 4 is 37.7 Å². The summed E-state index contributed by atoms with van der Waals surface area (Å²) in [6.45, 7) is -0.132. The molecule has 0 saturated heterocycles. The number of fused-ring (bicyclic) bond motifs is 3. The summed E-state index contributed by atoms with van der Waals surface area (Å²) in [7, 11) is -0.723. The molecule has 0 fully saturated rings. The molecule has 0 N–H and O–H groups in total. The van der Waals surface area contributed by atoms with Gasteiger partial charge in [-0.05, 0) is 41.1 Å². The normalized spacial score (nSPS) is 11.8. The minimum atomic E-state index is -3.59. The lowest BCUT2D eigenvalue weighted by Gasteiger charge is -2.12. The number of sulfonamides is 1. The van der Waals surface area contributed by atoms with E-state index in [-0.39, 0.29) is 17.1 Å². The van der Waals surface area contributed by atoms with Gasteiger partial charge in [0.05, 0.1) is 10.5 Å². The highest BCUT2D eigenvalue weighted by atomic mass is 32.2. The van der Waals surface area contributed by atoms with Crippen LogP contribution in [-0.4, -0.2) is 32.8 Å². The molecule has 1 aromatic heterocycles. The molecule has 158 valence electrons. The highest BCUT2D eigenvalue weighted by Crippen LogP contribution is 2.28. The number of carbonyl (C=O) groups is 1. The van der Waals surface area contributed by atoms with Crippen LogP contribution in [0.15, 0.2) is 80.8 Å². The minimum absolute atomic E-state index is 0.0761. The fourth-order valence-electron chi connectivity index (χ4n) is 3.33. The van der Waals surface area contributed by atoms with Crippen molar-refractivity contribution in [2.75, 3.05) is 14.1 Å². The zero-order valence-corrected chi connectivity index (χ0v) is 17.7. The first-order chi connectivity index (χ1) is 14.8. The van der Waals surface area contributed by atoms with E-state index in [0.29, 0.717) is 16.5 Å². The van der Waals surface area contributed by atoms with E-state index in [2.05, 4.69) is 0 Å². The number of carbonyl (C=O) groups excluding carboxylic acids is 1. The third-order valence-electron chi connectivity index (χ3n) is 4.94. The van der Waals surface area contributed by atoms with Gasteiger partial charge in [-0.25, -0.2) is 22.3 Å². The summed E-state index contributed by atoms with van der Waals surface area (Å²) >= 11 is 0. The molecule has 31 heavy (non-hydrogen) atoms. The van der Waals surface area contributed by atoms with Gasteiger partial charge in [0.1, 0.15) is 12.2 Å². The van der Waals surface area contributed by atoms with Crippen LogP contribution in [0.3, 0.4) is 0 Å². The lowest BCUT2D eigenvalue weighted by Crippen LogP contribution is -2.22. The van der Waals surface area contributed by atoms with E-state index in [1.165, 1.54) is 44.4 Å². The molecule has 0 aliphatic rings. The zero-order valence-electron chi connectivity index (χ0n) is 16.9. The maximum Gasteiger partial charge on any atom is 0.338 e. The van der Waals surface area contributed by atoms with E-state index in [1.807, 2.05) is 30.3 Å². The molecule has 0 amide bonds. The smallest absolute Gasteiger partial charge is 0.338 e. The third-order valence-corrected chi connectivity index (χ3v) is 6.77. The topological polar surface area (TPSA) is 93.9 Å². The van der Waals surface area contributed by atoms with Gasteiger partial charge in [-0.1, -0.05) is 30.3 Å². The molecule has 3 aromatic carbocycles. The van der Waals surface area contributed by atoms with Crippen LogP contribution < -0.4 is 5.63 Å². The number of ether oxygens (including phenoxy) is 1. The Morgan fingerprint density at radius 1 is 1.00 bits per heavy atom. The molecule has 8 heteroatoms. The van der Waals surface area contributed by atoms with E-state index in [1.54, 1.807) is 6.07 Å². The van der Waals surface area contributed by atoms with Gasteiger partial charge < -0.3 is 9.15 Å². The first-order valence-corrected chi connectivity index (χ1v) is 10.9. The molecular weight excluding hydrogens is 418 g/mol. The van der Waals surface area contributed by atoms with Crippen molar-refractivity contribution in [3.05, 3.63) is 88.3 Å². The Hall–Kier alpha value is -3.49. The van der Waals surface area contributed by atoms with E-state index >= 15 is 0 Å². The number of rotatable bonds is 5. The quantitative estimate of drug-likeness (QED) is 0.269. The highest BCUT2D eigenvalue weighted by molar-refractivity contribution is 7.89. The van der Waals surface area contributed by atoms with Crippen LogP contribution in [0.4, 0.5) is 0 Å². The van der Waals surface area contributed by atoms with Gasteiger partial charge in [-0.15, -0.1) is 0 Å². The van der Waals surface area contributed by atoms with Crippen molar-refractivity contribution in [2.24, 2.45) is 0 Å². The molecule has 0 atom stereocenters. The Bertz CT molecular complexity index is 1450. The van der Waals surface area contributed by atoms with Gasteiger partial charge in [-0.2, -0.15) is 0 Å². The maximum absolute atomic E-state index is 12.5. The summed E-state index contributed by atoms with van der Waals surface area (Å²) in [4.78, 5) is 24.6. The van der Waals surface area contributed by atoms with Crippen molar-refractivity contribution in [1.82, 2.24) is 4.31 Å². The Morgan fingerprint density at radius 2 is 1.71 bits per heavy atom. The second-order valence-electron chi connectivity index (χ2n) is 7.14. The molecule has 0 radical (unpaired) electrons. The molecule has 0 aliphatic heterocycles. The van der Waals surface area contributed by atoms with Gasteiger partial charge in [0.2, 0.25) is 10.0 Å². The van der Waals surface area contributed by atoms with Crippen molar-refractivity contribution in [3.63, 3.8) is 0 Å². The largest absolute Gasteiger partial charge is 0.457 e. The third kappa shape index (κ3) is 3.95. The summed E-state index contributed by atoms with van der Waals surface area (Å²) in [6.07, 6.45) is 0. The summed E-state index contributed by atoms with van der Waals surface area (Å²) in [6, 6.07) is 18.0. The fourth-order valence-corrected chi connectivity index (χ4v) is 4.24. The van der Waals surface area contributed by atoms with Crippen molar-refractivity contribution < 1.29 is 22.4 Å². The molecule has 0 saturated carbocycles. The molecule has 0 unspecified atom stereocenters. The average Bonchev–Trinajstić information content (AvgIpc) is 2.76. The number of nitrogens with zero attached hydrogens (tertiary/aromatic N) is 1. The summed E-state index contributed by atoms with van der Waals surface area (Å²) < 4.78 is 36.1. The number of hydrogen-bond donors (Lipinski definition) is 0. The van der Waals surface area contributed by atoms with Crippen LogP contribution in [0.25, 0.3) is 21.7 Å². The Balaban J connectivity index is 1.63. The van der Waals surface area contributed by atoms with Crippen LogP contribution in [0.1, 0.15) is 15.9 Å². The number of hydrogen-bond acceptors (Lipinski definition) is 6. The summed E-state index contributed by atoms with van der Waals surface area (Å²) in [5.74, 6) is -0.629. The number of benzene rings is 3.